The Kier molecular flexibility index (Phi) is 2.23. The largest absolute Gasteiger partial charge is 0.256 e. The lowest BCUT2D eigenvalue weighted by molar-refractivity contribution is 0.509. The van der Waals surface area contributed by atoms with Gasteiger partial charge in [0.1, 0.15) is 0 Å². The third-order valence-corrected chi connectivity index (χ3v) is 1.82. The molecule has 0 atom stereocenters. The summed E-state index contributed by atoms with van der Waals surface area (Å²) in [6, 6.07) is 9.75. The lowest BCUT2D eigenvalue weighted by Gasteiger charge is -2.00. The Bertz CT molecular complexity index is 440. The van der Waals surface area contributed by atoms with E-state index < -0.39 is 11.6 Å². The molecule has 1 heterocycles. The van der Waals surface area contributed by atoms with Crippen molar-refractivity contribution in [1.29, 1.82) is 0 Å². The Labute approximate surface area is 80.0 Å². The van der Waals surface area contributed by atoms with Crippen molar-refractivity contribution in [1.82, 2.24) is 4.98 Å². The van der Waals surface area contributed by atoms with Crippen LogP contribution >= 0.6 is 0 Å². The van der Waals surface area contributed by atoms with Gasteiger partial charge in [0.15, 0.2) is 11.6 Å². The topological polar surface area (TPSA) is 12.9 Å². The number of benzene rings is 1. The lowest BCUT2D eigenvalue weighted by Crippen LogP contribution is -1.87. The fraction of sp³-hybridized carbons (Fsp3) is 0. The average molecular weight is 190 g/mol. The quantitative estimate of drug-likeness (QED) is 0.673. The highest BCUT2D eigenvalue weighted by Crippen LogP contribution is 2.18. The number of nitrogens with zero attached hydrogens (tertiary/aromatic N) is 1. The van der Waals surface area contributed by atoms with Gasteiger partial charge >= 0.3 is 0 Å². The molecular formula is C11H6F2N. The summed E-state index contributed by atoms with van der Waals surface area (Å²) in [5.74, 6) is -1.72. The number of rotatable bonds is 1. The van der Waals surface area contributed by atoms with Crippen LogP contribution in [0, 0.1) is 17.7 Å². The molecule has 0 aliphatic heterocycles. The Morgan fingerprint density at radius 2 is 2.00 bits per heavy atom. The number of hydrogen-bond donors (Lipinski definition) is 0. The molecule has 2 rings (SSSR count). The van der Waals surface area contributed by atoms with Crippen molar-refractivity contribution in [2.75, 3.05) is 0 Å². The van der Waals surface area contributed by atoms with E-state index in [1.807, 2.05) is 0 Å². The first-order valence-electron chi connectivity index (χ1n) is 4.05. The van der Waals surface area contributed by atoms with Gasteiger partial charge in [0, 0.05) is 11.8 Å². The van der Waals surface area contributed by atoms with Crippen molar-refractivity contribution in [3.05, 3.63) is 54.2 Å². The molecule has 0 spiro atoms. The van der Waals surface area contributed by atoms with Crippen LogP contribution in [-0.4, -0.2) is 4.98 Å². The maximum absolute atomic E-state index is 12.9. The molecule has 1 aromatic carbocycles. The predicted molar refractivity (Wildman–Crippen MR) is 48.4 cm³/mol. The third kappa shape index (κ3) is 1.62. The standard InChI is InChI=1S/C11H6F2N/c12-9-5-4-8(7-10(9)13)11-3-1-2-6-14-11/h2-7H. The fourth-order valence-electron chi connectivity index (χ4n) is 1.14. The number of hydrogen-bond acceptors (Lipinski definition) is 1. The summed E-state index contributed by atoms with van der Waals surface area (Å²) >= 11 is 0. The molecule has 0 saturated carbocycles. The minimum atomic E-state index is -0.867. The van der Waals surface area contributed by atoms with Crippen molar-refractivity contribution in [2.45, 2.75) is 0 Å². The maximum Gasteiger partial charge on any atom is 0.159 e. The van der Waals surface area contributed by atoms with Crippen LogP contribution in [0.3, 0.4) is 0 Å². The van der Waals surface area contributed by atoms with E-state index >= 15 is 0 Å². The van der Waals surface area contributed by atoms with Gasteiger partial charge in [-0.3, -0.25) is 4.98 Å². The van der Waals surface area contributed by atoms with Crippen LogP contribution in [-0.2, 0) is 0 Å². The summed E-state index contributed by atoms with van der Waals surface area (Å²) in [4.78, 5) is 4.00. The highest BCUT2D eigenvalue weighted by molar-refractivity contribution is 5.58. The van der Waals surface area contributed by atoms with Gasteiger partial charge in [-0.1, -0.05) is 0 Å². The first kappa shape index (κ1) is 8.81. The van der Waals surface area contributed by atoms with E-state index in [2.05, 4.69) is 11.1 Å². The van der Waals surface area contributed by atoms with Gasteiger partial charge < -0.3 is 0 Å². The van der Waals surface area contributed by atoms with E-state index in [0.29, 0.717) is 11.3 Å². The summed E-state index contributed by atoms with van der Waals surface area (Å²) in [6.45, 7) is 0. The van der Waals surface area contributed by atoms with E-state index in [-0.39, 0.29) is 0 Å². The van der Waals surface area contributed by atoms with Crippen LogP contribution in [0.2, 0.25) is 0 Å². The predicted octanol–water partition coefficient (Wildman–Crippen LogP) is 2.83. The van der Waals surface area contributed by atoms with Gasteiger partial charge in [0.25, 0.3) is 0 Å². The van der Waals surface area contributed by atoms with Crippen LogP contribution < -0.4 is 0 Å². The van der Waals surface area contributed by atoms with Crippen molar-refractivity contribution in [3.8, 4) is 11.3 Å². The summed E-state index contributed by atoms with van der Waals surface area (Å²) < 4.78 is 25.5. The molecule has 0 bridgehead atoms. The smallest absolute Gasteiger partial charge is 0.159 e. The van der Waals surface area contributed by atoms with Gasteiger partial charge in [-0.05, 0) is 36.4 Å². The monoisotopic (exact) mass is 190 g/mol. The molecule has 0 saturated heterocycles. The Balaban J connectivity index is 2.48. The minimum Gasteiger partial charge on any atom is -0.256 e. The van der Waals surface area contributed by atoms with E-state index in [0.717, 1.165) is 12.1 Å². The highest BCUT2D eigenvalue weighted by Gasteiger charge is 2.04. The lowest BCUT2D eigenvalue weighted by atomic mass is 10.1. The minimum absolute atomic E-state index is 0.542. The summed E-state index contributed by atoms with van der Waals surface area (Å²) in [5.41, 5.74) is 1.12. The number of pyridine rings is 1. The molecule has 0 unspecified atom stereocenters. The van der Waals surface area contributed by atoms with E-state index in [4.69, 9.17) is 0 Å². The fourth-order valence-corrected chi connectivity index (χ4v) is 1.14. The molecule has 0 aliphatic rings. The van der Waals surface area contributed by atoms with Crippen LogP contribution in [0.15, 0.2) is 36.5 Å². The molecule has 1 nitrogen and oxygen atoms in total. The van der Waals surface area contributed by atoms with Gasteiger partial charge in [-0.2, -0.15) is 0 Å². The molecule has 0 fully saturated rings. The number of halogens is 2. The molecule has 2 aromatic rings. The molecule has 1 aromatic heterocycles. The van der Waals surface area contributed by atoms with E-state index in [1.165, 1.54) is 6.07 Å². The first-order chi connectivity index (χ1) is 6.77. The number of aromatic nitrogens is 1. The van der Waals surface area contributed by atoms with E-state index in [9.17, 15) is 8.78 Å². The van der Waals surface area contributed by atoms with Crippen LogP contribution in [0.4, 0.5) is 8.78 Å². The zero-order chi connectivity index (χ0) is 9.97. The maximum atomic E-state index is 12.9. The highest BCUT2D eigenvalue weighted by atomic mass is 19.2. The molecule has 3 heteroatoms. The SMILES string of the molecule is Fc1ccc(-c2c[c]ccn2)cc1F. The molecule has 1 radical (unpaired) electrons. The van der Waals surface area contributed by atoms with Crippen molar-refractivity contribution >= 4 is 0 Å². The normalized spacial score (nSPS) is 10.1. The molecule has 14 heavy (non-hydrogen) atoms. The second-order valence-corrected chi connectivity index (χ2v) is 2.77. The van der Waals surface area contributed by atoms with E-state index in [1.54, 1.807) is 18.3 Å². The molecule has 69 valence electrons. The van der Waals surface area contributed by atoms with Crippen molar-refractivity contribution in [2.24, 2.45) is 0 Å². The Morgan fingerprint density at radius 3 is 2.64 bits per heavy atom. The molecule has 0 amide bonds. The average Bonchev–Trinajstić information content (AvgIpc) is 2.23. The van der Waals surface area contributed by atoms with Gasteiger partial charge in [0.2, 0.25) is 0 Å². The van der Waals surface area contributed by atoms with Gasteiger partial charge in [-0.25, -0.2) is 8.78 Å². The molecule has 0 N–H and O–H groups in total. The van der Waals surface area contributed by atoms with Gasteiger partial charge in [0.05, 0.1) is 5.69 Å². The second-order valence-electron chi connectivity index (χ2n) is 2.77. The third-order valence-electron chi connectivity index (χ3n) is 1.82. The van der Waals surface area contributed by atoms with Gasteiger partial charge in [-0.15, -0.1) is 0 Å². The van der Waals surface area contributed by atoms with Crippen molar-refractivity contribution in [3.63, 3.8) is 0 Å². The summed E-state index contributed by atoms with van der Waals surface area (Å²) in [7, 11) is 0. The summed E-state index contributed by atoms with van der Waals surface area (Å²) in [5, 5.41) is 0. The first-order valence-corrected chi connectivity index (χ1v) is 4.05. The zero-order valence-electron chi connectivity index (χ0n) is 7.17. The zero-order valence-corrected chi connectivity index (χ0v) is 7.17. The van der Waals surface area contributed by atoms with Crippen LogP contribution in [0.1, 0.15) is 0 Å². The second kappa shape index (κ2) is 3.54. The van der Waals surface area contributed by atoms with Crippen LogP contribution in [0.5, 0.6) is 0 Å². The van der Waals surface area contributed by atoms with Crippen LogP contribution in [0.25, 0.3) is 11.3 Å². The summed E-state index contributed by atoms with van der Waals surface area (Å²) in [6.07, 6.45) is 1.55. The molecule has 0 aliphatic carbocycles. The molecular weight excluding hydrogens is 184 g/mol. The van der Waals surface area contributed by atoms with Crippen molar-refractivity contribution < 1.29 is 8.78 Å². The Morgan fingerprint density at radius 1 is 1.14 bits per heavy atom. The Hall–Kier alpha value is -1.77.